The van der Waals surface area contributed by atoms with Gasteiger partial charge in [0.25, 0.3) is 0 Å². The number of carboxylic acid groups (broad SMARTS) is 1. The van der Waals surface area contributed by atoms with Gasteiger partial charge in [0.15, 0.2) is 0 Å². The minimum atomic E-state index is -4.99. The maximum absolute atomic E-state index is 13.5. The average molecular weight is 622 g/mol. The monoisotopic (exact) mass is 621 g/mol. The molecule has 5 aromatic rings. The maximum Gasteiger partial charge on any atom is 0.416 e. The third-order valence-corrected chi connectivity index (χ3v) is 7.32. The van der Waals surface area contributed by atoms with Crippen LogP contribution in [0, 0.1) is 0 Å². The van der Waals surface area contributed by atoms with Crippen LogP contribution >= 0.6 is 23.2 Å². The van der Waals surface area contributed by atoms with E-state index in [-0.39, 0.29) is 18.1 Å². The molecule has 216 valence electrons. The molecule has 0 unspecified atom stereocenters. The maximum atomic E-state index is 13.5. The fourth-order valence-electron chi connectivity index (χ4n) is 4.97. The lowest BCUT2D eigenvalue weighted by atomic mass is 9.93. The first-order valence-electron chi connectivity index (χ1n) is 12.4. The second kappa shape index (κ2) is 11.0. The number of rotatable bonds is 6. The normalized spacial score (nSPS) is 12.2. The van der Waals surface area contributed by atoms with Crippen LogP contribution in [0.2, 0.25) is 10.0 Å². The highest BCUT2D eigenvalue weighted by Crippen LogP contribution is 2.40. The zero-order chi connectivity index (χ0) is 30.4. The molecule has 1 N–H and O–H groups in total. The van der Waals surface area contributed by atoms with Crippen molar-refractivity contribution in [3.63, 3.8) is 0 Å². The predicted molar refractivity (Wildman–Crippen MR) is 150 cm³/mol. The lowest BCUT2D eigenvalue weighted by Crippen LogP contribution is -2.12. The molecular formula is C31H19Cl2F6NO2. The molecule has 0 amide bonds. The Morgan fingerprint density at radius 1 is 0.762 bits per heavy atom. The zero-order valence-corrected chi connectivity index (χ0v) is 22.8. The Morgan fingerprint density at radius 2 is 1.40 bits per heavy atom. The van der Waals surface area contributed by atoms with E-state index >= 15 is 0 Å². The first-order chi connectivity index (χ1) is 19.7. The highest BCUT2D eigenvalue weighted by Gasteiger charge is 2.37. The van der Waals surface area contributed by atoms with E-state index in [2.05, 4.69) is 0 Å². The Bertz CT molecular complexity index is 1790. The van der Waals surface area contributed by atoms with E-state index < -0.39 is 36.0 Å². The molecule has 0 radical (unpaired) electrons. The standard InChI is InChI=1S/C31H19Cl2F6NO2/c32-22-6-7-25(27(33)14-22)24-4-2-1-3-23(24)18-5-8-28-26(12-18)19(15-40(28)16-29(41)42)9-17-10-20(30(34,35)36)13-21(11-17)31(37,38)39/h1-8,10-15H,9,16H2,(H,41,42). The first-order valence-corrected chi connectivity index (χ1v) is 13.1. The smallest absolute Gasteiger partial charge is 0.416 e. The van der Waals surface area contributed by atoms with Gasteiger partial charge >= 0.3 is 18.3 Å². The van der Waals surface area contributed by atoms with Crippen molar-refractivity contribution < 1.29 is 36.2 Å². The SMILES string of the molecule is O=C(O)Cn1cc(Cc2cc(C(F)(F)F)cc(C(F)(F)F)c2)c2cc(-c3ccccc3-c3ccc(Cl)cc3Cl)ccc21. The molecule has 0 spiro atoms. The van der Waals surface area contributed by atoms with Gasteiger partial charge in [0, 0.05) is 32.7 Å². The van der Waals surface area contributed by atoms with E-state index in [1.807, 2.05) is 24.3 Å². The highest BCUT2D eigenvalue weighted by atomic mass is 35.5. The Balaban J connectivity index is 1.67. The zero-order valence-electron chi connectivity index (χ0n) is 21.3. The molecule has 0 aliphatic rings. The molecule has 3 nitrogen and oxygen atoms in total. The number of alkyl halides is 6. The summed E-state index contributed by atoms with van der Waals surface area (Å²) < 4.78 is 82.3. The summed E-state index contributed by atoms with van der Waals surface area (Å²) in [5.41, 5.74) is 0.653. The molecule has 42 heavy (non-hydrogen) atoms. The molecule has 1 heterocycles. The molecule has 0 aliphatic carbocycles. The van der Waals surface area contributed by atoms with Crippen LogP contribution in [0.5, 0.6) is 0 Å². The van der Waals surface area contributed by atoms with Crippen LogP contribution in [0.3, 0.4) is 0 Å². The third kappa shape index (κ3) is 6.12. The Labute approximate surface area is 245 Å². The summed E-state index contributed by atoms with van der Waals surface area (Å²) in [6.07, 6.45) is -8.84. The average Bonchev–Trinajstić information content (AvgIpc) is 3.23. The van der Waals surface area contributed by atoms with Gasteiger partial charge in [-0.2, -0.15) is 26.3 Å². The number of carbonyl (C=O) groups is 1. The minimum Gasteiger partial charge on any atom is -0.480 e. The molecular weight excluding hydrogens is 603 g/mol. The molecule has 0 bridgehead atoms. The Hall–Kier alpha value is -3.95. The summed E-state index contributed by atoms with van der Waals surface area (Å²) in [7, 11) is 0. The molecule has 4 aromatic carbocycles. The summed E-state index contributed by atoms with van der Waals surface area (Å²) in [6, 6.07) is 19.0. The lowest BCUT2D eigenvalue weighted by Gasteiger charge is -2.14. The molecule has 0 saturated carbocycles. The van der Waals surface area contributed by atoms with E-state index in [1.165, 1.54) is 10.8 Å². The van der Waals surface area contributed by atoms with Crippen molar-refractivity contribution in [2.45, 2.75) is 25.3 Å². The van der Waals surface area contributed by atoms with E-state index in [9.17, 15) is 36.2 Å². The van der Waals surface area contributed by atoms with Crippen molar-refractivity contribution in [3.05, 3.63) is 117 Å². The number of carboxylic acids is 1. The van der Waals surface area contributed by atoms with Crippen molar-refractivity contribution in [1.29, 1.82) is 0 Å². The molecule has 11 heteroatoms. The number of aliphatic carboxylic acids is 1. The Morgan fingerprint density at radius 3 is 2.00 bits per heavy atom. The van der Waals surface area contributed by atoms with Crippen molar-refractivity contribution in [2.24, 2.45) is 0 Å². The summed E-state index contributed by atoms with van der Waals surface area (Å²) in [4.78, 5) is 11.5. The van der Waals surface area contributed by atoms with Crippen LogP contribution in [0.15, 0.2) is 85.1 Å². The van der Waals surface area contributed by atoms with Gasteiger partial charge in [-0.25, -0.2) is 0 Å². The molecule has 0 fully saturated rings. The van der Waals surface area contributed by atoms with Crippen molar-refractivity contribution >= 4 is 40.1 Å². The first kappa shape index (κ1) is 29.5. The largest absolute Gasteiger partial charge is 0.480 e. The van der Waals surface area contributed by atoms with Gasteiger partial charge in [-0.1, -0.05) is 59.6 Å². The summed E-state index contributed by atoms with van der Waals surface area (Å²) in [5.74, 6) is -1.16. The number of hydrogen-bond acceptors (Lipinski definition) is 1. The number of benzene rings is 4. The van der Waals surface area contributed by atoms with Crippen molar-refractivity contribution in [1.82, 2.24) is 4.57 Å². The summed E-state index contributed by atoms with van der Waals surface area (Å²) >= 11 is 12.5. The van der Waals surface area contributed by atoms with Crippen LogP contribution in [0.1, 0.15) is 22.3 Å². The topological polar surface area (TPSA) is 42.2 Å². The number of fused-ring (bicyclic) bond motifs is 1. The fourth-order valence-corrected chi connectivity index (χ4v) is 5.49. The molecule has 0 saturated heterocycles. The van der Waals surface area contributed by atoms with Gasteiger partial charge in [-0.15, -0.1) is 0 Å². The highest BCUT2D eigenvalue weighted by molar-refractivity contribution is 6.36. The minimum absolute atomic E-state index is 0.0775. The molecule has 5 rings (SSSR count). The molecule has 1 aromatic heterocycles. The number of halogens is 8. The van der Waals surface area contributed by atoms with Gasteiger partial charge in [0.05, 0.1) is 11.1 Å². The number of hydrogen-bond donors (Lipinski definition) is 1. The Kier molecular flexibility index (Phi) is 7.76. The second-order valence-electron chi connectivity index (χ2n) is 9.67. The van der Waals surface area contributed by atoms with Crippen LogP contribution in [-0.2, 0) is 30.1 Å². The second-order valence-corrected chi connectivity index (χ2v) is 10.5. The van der Waals surface area contributed by atoms with Crippen molar-refractivity contribution in [2.75, 3.05) is 0 Å². The van der Waals surface area contributed by atoms with Crippen LogP contribution in [-0.4, -0.2) is 15.6 Å². The van der Waals surface area contributed by atoms with Gasteiger partial charge in [0.1, 0.15) is 6.54 Å². The number of aromatic nitrogens is 1. The van der Waals surface area contributed by atoms with Crippen LogP contribution in [0.25, 0.3) is 33.2 Å². The number of nitrogens with zero attached hydrogens (tertiary/aromatic N) is 1. The quantitative estimate of drug-likeness (QED) is 0.192. The van der Waals surface area contributed by atoms with Gasteiger partial charge in [-0.3, -0.25) is 4.79 Å². The molecule has 0 atom stereocenters. The molecule has 0 aliphatic heterocycles. The fraction of sp³-hybridized carbons (Fsp3) is 0.129. The van der Waals surface area contributed by atoms with Crippen LogP contribution in [0.4, 0.5) is 26.3 Å². The van der Waals surface area contributed by atoms with E-state index in [4.69, 9.17) is 23.2 Å². The lowest BCUT2D eigenvalue weighted by molar-refractivity contribution is -0.143. The van der Waals surface area contributed by atoms with Gasteiger partial charge < -0.3 is 9.67 Å². The van der Waals surface area contributed by atoms with Gasteiger partial charge in [-0.05, 0) is 76.7 Å². The van der Waals surface area contributed by atoms with Crippen molar-refractivity contribution in [3.8, 4) is 22.3 Å². The van der Waals surface area contributed by atoms with E-state index in [0.717, 1.165) is 11.1 Å². The van der Waals surface area contributed by atoms with Crippen LogP contribution < -0.4 is 0 Å². The summed E-state index contributed by atoms with van der Waals surface area (Å²) in [6.45, 7) is -0.455. The summed E-state index contributed by atoms with van der Waals surface area (Å²) in [5, 5.41) is 10.8. The van der Waals surface area contributed by atoms with Gasteiger partial charge in [0.2, 0.25) is 0 Å². The third-order valence-electron chi connectivity index (χ3n) is 6.77. The van der Waals surface area contributed by atoms with E-state index in [1.54, 1.807) is 36.4 Å². The predicted octanol–water partition coefficient (Wildman–Crippen LogP) is 10.00. The van der Waals surface area contributed by atoms with E-state index in [0.29, 0.717) is 49.8 Å².